The molecule has 0 atom stereocenters. The van der Waals surface area contributed by atoms with Crippen molar-refractivity contribution in [2.75, 3.05) is 0 Å². The van der Waals surface area contributed by atoms with Gasteiger partial charge in [0.15, 0.2) is 5.78 Å². The van der Waals surface area contributed by atoms with Gasteiger partial charge in [0.2, 0.25) is 0 Å². The van der Waals surface area contributed by atoms with Gasteiger partial charge in [0.25, 0.3) is 0 Å². The summed E-state index contributed by atoms with van der Waals surface area (Å²) >= 11 is 5.68. The van der Waals surface area contributed by atoms with Gasteiger partial charge in [-0.1, -0.05) is 11.6 Å². The summed E-state index contributed by atoms with van der Waals surface area (Å²) in [7, 11) is 0. The summed E-state index contributed by atoms with van der Waals surface area (Å²) < 4.78 is 0. The van der Waals surface area contributed by atoms with Crippen molar-refractivity contribution in [1.29, 1.82) is 0 Å². The van der Waals surface area contributed by atoms with E-state index in [1.807, 2.05) is 0 Å². The highest BCUT2D eigenvalue weighted by molar-refractivity contribution is 6.29. The molecular weight excluding hydrogens is 214 g/mol. The molecule has 0 fully saturated rings. The molecule has 2 aromatic heterocycles. The number of pyridine rings is 1. The first-order valence-corrected chi connectivity index (χ1v) is 4.56. The van der Waals surface area contributed by atoms with Crippen LogP contribution in [0.3, 0.4) is 0 Å². The van der Waals surface area contributed by atoms with Gasteiger partial charge >= 0.3 is 0 Å². The zero-order valence-electron chi connectivity index (χ0n) is 7.59. The molecule has 0 N–H and O–H groups in total. The van der Waals surface area contributed by atoms with Crippen LogP contribution in [-0.2, 0) is 0 Å². The van der Waals surface area contributed by atoms with E-state index in [0.29, 0.717) is 11.1 Å². The molecule has 0 aliphatic heterocycles. The summed E-state index contributed by atoms with van der Waals surface area (Å²) in [6, 6.07) is 3.11. The Morgan fingerprint density at radius 2 is 1.93 bits per heavy atom. The molecule has 0 aliphatic carbocycles. The quantitative estimate of drug-likeness (QED) is 0.571. The van der Waals surface area contributed by atoms with Crippen molar-refractivity contribution in [1.82, 2.24) is 15.0 Å². The summed E-state index contributed by atoms with van der Waals surface area (Å²) in [6.07, 6.45) is 5.78. The molecule has 2 aromatic rings. The highest BCUT2D eigenvalue weighted by Gasteiger charge is 2.09. The van der Waals surface area contributed by atoms with E-state index in [0.717, 1.165) is 0 Å². The lowest BCUT2D eigenvalue weighted by atomic mass is 10.1. The lowest BCUT2D eigenvalue weighted by Gasteiger charge is -1.99. The van der Waals surface area contributed by atoms with E-state index in [2.05, 4.69) is 15.0 Å². The van der Waals surface area contributed by atoms with E-state index in [-0.39, 0.29) is 10.9 Å². The normalized spacial score (nSPS) is 9.93. The minimum absolute atomic E-state index is 0.167. The first-order chi connectivity index (χ1) is 7.27. The summed E-state index contributed by atoms with van der Waals surface area (Å²) in [5.74, 6) is -0.167. The Kier molecular flexibility index (Phi) is 2.69. The van der Waals surface area contributed by atoms with Crippen LogP contribution in [-0.4, -0.2) is 20.7 Å². The molecule has 0 saturated heterocycles. The Morgan fingerprint density at radius 1 is 1.20 bits per heavy atom. The number of ketones is 1. The van der Waals surface area contributed by atoms with E-state index < -0.39 is 0 Å². The Hall–Kier alpha value is -1.81. The van der Waals surface area contributed by atoms with Gasteiger partial charge < -0.3 is 0 Å². The molecule has 5 heteroatoms. The number of hydrogen-bond acceptors (Lipinski definition) is 4. The minimum atomic E-state index is -0.167. The van der Waals surface area contributed by atoms with Crippen LogP contribution < -0.4 is 0 Å². The predicted molar refractivity (Wildman–Crippen MR) is 54.7 cm³/mol. The number of hydrogen-bond donors (Lipinski definition) is 0. The van der Waals surface area contributed by atoms with Crippen molar-refractivity contribution in [3.8, 4) is 0 Å². The largest absolute Gasteiger partial charge is 0.288 e. The second-order valence-corrected chi connectivity index (χ2v) is 3.21. The van der Waals surface area contributed by atoms with Crippen LogP contribution in [0.4, 0.5) is 0 Å². The van der Waals surface area contributed by atoms with Crippen LogP contribution >= 0.6 is 11.6 Å². The first kappa shape index (κ1) is 9.73. The number of carbonyl (C=O) groups excluding carboxylic acids is 1. The molecule has 0 bridgehead atoms. The SMILES string of the molecule is O=C(c1cncnc1)c1ccnc(Cl)c1. The molecule has 15 heavy (non-hydrogen) atoms. The number of rotatable bonds is 2. The van der Waals surface area contributed by atoms with Gasteiger partial charge in [0, 0.05) is 24.2 Å². The summed E-state index contributed by atoms with van der Waals surface area (Å²) in [4.78, 5) is 23.2. The van der Waals surface area contributed by atoms with Crippen molar-refractivity contribution in [2.45, 2.75) is 0 Å². The Labute approximate surface area is 91.0 Å². The monoisotopic (exact) mass is 219 g/mol. The number of carbonyl (C=O) groups is 1. The lowest BCUT2D eigenvalue weighted by molar-refractivity contribution is 0.103. The van der Waals surface area contributed by atoms with Crippen LogP contribution in [0.1, 0.15) is 15.9 Å². The molecule has 0 aliphatic rings. The highest BCUT2D eigenvalue weighted by atomic mass is 35.5. The van der Waals surface area contributed by atoms with Crippen LogP contribution in [0.25, 0.3) is 0 Å². The molecule has 0 amide bonds. The van der Waals surface area contributed by atoms with E-state index in [1.54, 1.807) is 6.07 Å². The zero-order valence-corrected chi connectivity index (χ0v) is 8.35. The summed E-state index contributed by atoms with van der Waals surface area (Å²) in [5, 5.41) is 0.290. The highest BCUT2D eigenvalue weighted by Crippen LogP contribution is 2.11. The second kappa shape index (κ2) is 4.14. The molecule has 0 spiro atoms. The van der Waals surface area contributed by atoms with Gasteiger partial charge in [-0.05, 0) is 12.1 Å². The van der Waals surface area contributed by atoms with Crippen molar-refractivity contribution in [2.24, 2.45) is 0 Å². The maximum absolute atomic E-state index is 11.8. The molecule has 2 heterocycles. The maximum atomic E-state index is 11.8. The molecule has 0 saturated carbocycles. The fourth-order valence-electron chi connectivity index (χ4n) is 1.13. The van der Waals surface area contributed by atoms with E-state index in [1.165, 1.54) is 31.0 Å². The van der Waals surface area contributed by atoms with Gasteiger partial charge in [-0.2, -0.15) is 0 Å². The molecule has 4 nitrogen and oxygen atoms in total. The third kappa shape index (κ3) is 2.16. The lowest BCUT2D eigenvalue weighted by Crippen LogP contribution is -2.02. The van der Waals surface area contributed by atoms with Crippen LogP contribution in [0.5, 0.6) is 0 Å². The van der Waals surface area contributed by atoms with Crippen LogP contribution in [0.2, 0.25) is 5.15 Å². The number of aromatic nitrogens is 3. The van der Waals surface area contributed by atoms with Crippen LogP contribution in [0, 0.1) is 0 Å². The molecule has 74 valence electrons. The topological polar surface area (TPSA) is 55.7 Å². The van der Waals surface area contributed by atoms with Gasteiger partial charge in [-0.25, -0.2) is 15.0 Å². The second-order valence-electron chi connectivity index (χ2n) is 2.82. The maximum Gasteiger partial charge on any atom is 0.196 e. The van der Waals surface area contributed by atoms with E-state index in [4.69, 9.17) is 11.6 Å². The third-order valence-corrected chi connectivity index (χ3v) is 2.02. The fourth-order valence-corrected chi connectivity index (χ4v) is 1.30. The van der Waals surface area contributed by atoms with Crippen molar-refractivity contribution in [3.63, 3.8) is 0 Å². The molecule has 2 rings (SSSR count). The standard InChI is InChI=1S/C10H6ClN3O/c11-9-3-7(1-2-14-9)10(15)8-4-12-6-13-5-8/h1-6H. The Bertz CT molecular complexity index is 487. The van der Waals surface area contributed by atoms with Crippen molar-refractivity contribution >= 4 is 17.4 Å². The zero-order chi connectivity index (χ0) is 10.7. The third-order valence-electron chi connectivity index (χ3n) is 1.81. The van der Waals surface area contributed by atoms with Gasteiger partial charge in [0.05, 0.1) is 5.56 Å². The summed E-state index contributed by atoms with van der Waals surface area (Å²) in [5.41, 5.74) is 0.907. The average molecular weight is 220 g/mol. The fraction of sp³-hybridized carbons (Fsp3) is 0. The number of nitrogens with zero attached hydrogens (tertiary/aromatic N) is 3. The Balaban J connectivity index is 2.37. The minimum Gasteiger partial charge on any atom is -0.288 e. The molecular formula is C10H6ClN3O. The molecule has 0 aromatic carbocycles. The van der Waals surface area contributed by atoms with E-state index in [9.17, 15) is 4.79 Å². The van der Waals surface area contributed by atoms with Gasteiger partial charge in [-0.3, -0.25) is 4.79 Å². The average Bonchev–Trinajstić information content (AvgIpc) is 2.29. The van der Waals surface area contributed by atoms with Crippen molar-refractivity contribution < 1.29 is 4.79 Å². The molecule has 0 radical (unpaired) electrons. The molecule has 0 unspecified atom stereocenters. The van der Waals surface area contributed by atoms with Gasteiger partial charge in [-0.15, -0.1) is 0 Å². The first-order valence-electron chi connectivity index (χ1n) is 4.18. The summed E-state index contributed by atoms with van der Waals surface area (Å²) in [6.45, 7) is 0. The van der Waals surface area contributed by atoms with E-state index >= 15 is 0 Å². The predicted octanol–water partition coefficient (Wildman–Crippen LogP) is 1.76. The smallest absolute Gasteiger partial charge is 0.196 e. The van der Waals surface area contributed by atoms with Crippen molar-refractivity contribution in [3.05, 3.63) is 53.3 Å². The Morgan fingerprint density at radius 3 is 2.60 bits per heavy atom. The van der Waals surface area contributed by atoms with Crippen LogP contribution in [0.15, 0.2) is 37.1 Å². The van der Waals surface area contributed by atoms with Gasteiger partial charge in [0.1, 0.15) is 11.5 Å². The number of halogens is 1.